The molecule has 0 saturated heterocycles. The predicted octanol–water partition coefficient (Wildman–Crippen LogP) is 3.91. The summed E-state index contributed by atoms with van der Waals surface area (Å²) in [7, 11) is 0. The predicted molar refractivity (Wildman–Crippen MR) is 117 cm³/mol. The normalized spacial score (nSPS) is 12.3. The minimum absolute atomic E-state index is 0.160. The number of aliphatic hydroxyl groups is 1. The third-order valence-corrected chi connectivity index (χ3v) is 5.21. The van der Waals surface area contributed by atoms with Gasteiger partial charge in [-0.2, -0.15) is 5.10 Å². The van der Waals surface area contributed by atoms with Gasteiger partial charge in [-0.3, -0.25) is 4.79 Å². The van der Waals surface area contributed by atoms with Gasteiger partial charge in [0.1, 0.15) is 11.3 Å². The standard InChI is InChI=1S/C24H25N3O3/c1-4-30-19-8-6-18(7-9-19)23(28)15-26-11-12-27-22(24(26)29)14-21(25-27)20-10-5-16(2)13-17(20)3/h5-14,23,28H,4,15H2,1-3H3/t23-/m1/s1. The van der Waals surface area contributed by atoms with Crippen molar-refractivity contribution in [2.75, 3.05) is 6.61 Å². The molecule has 0 spiro atoms. The van der Waals surface area contributed by atoms with Crippen LogP contribution in [0.25, 0.3) is 16.8 Å². The van der Waals surface area contributed by atoms with E-state index >= 15 is 0 Å². The molecular weight excluding hydrogens is 378 g/mol. The van der Waals surface area contributed by atoms with Crippen molar-refractivity contribution in [3.8, 4) is 17.0 Å². The molecule has 0 amide bonds. The van der Waals surface area contributed by atoms with E-state index in [9.17, 15) is 9.90 Å². The highest BCUT2D eigenvalue weighted by Gasteiger charge is 2.14. The molecule has 2 aromatic carbocycles. The Bertz CT molecular complexity index is 1240. The lowest BCUT2D eigenvalue weighted by Crippen LogP contribution is -2.24. The Labute approximate surface area is 175 Å². The van der Waals surface area contributed by atoms with E-state index in [0.29, 0.717) is 12.1 Å². The summed E-state index contributed by atoms with van der Waals surface area (Å²) < 4.78 is 8.55. The van der Waals surface area contributed by atoms with Gasteiger partial charge in [-0.25, -0.2) is 4.52 Å². The molecule has 6 nitrogen and oxygen atoms in total. The van der Waals surface area contributed by atoms with Crippen molar-refractivity contribution in [1.82, 2.24) is 14.2 Å². The summed E-state index contributed by atoms with van der Waals surface area (Å²) in [5.74, 6) is 0.755. The fourth-order valence-corrected chi connectivity index (χ4v) is 3.65. The van der Waals surface area contributed by atoms with E-state index in [1.165, 1.54) is 10.1 Å². The highest BCUT2D eigenvalue weighted by Crippen LogP contribution is 2.24. The maximum Gasteiger partial charge on any atom is 0.276 e. The molecule has 1 N–H and O–H groups in total. The third kappa shape index (κ3) is 3.86. The number of nitrogens with zero attached hydrogens (tertiary/aromatic N) is 3. The first kappa shape index (κ1) is 19.9. The fraction of sp³-hybridized carbons (Fsp3) is 0.250. The highest BCUT2D eigenvalue weighted by molar-refractivity contribution is 5.68. The number of ether oxygens (including phenoxy) is 1. The average Bonchev–Trinajstić information content (AvgIpc) is 3.15. The van der Waals surface area contributed by atoms with E-state index in [1.54, 1.807) is 23.0 Å². The van der Waals surface area contributed by atoms with Gasteiger partial charge in [-0.05, 0) is 50.1 Å². The largest absolute Gasteiger partial charge is 0.494 e. The number of hydrogen-bond donors (Lipinski definition) is 1. The lowest BCUT2D eigenvalue weighted by Gasteiger charge is -2.14. The molecule has 0 radical (unpaired) electrons. The lowest BCUT2D eigenvalue weighted by molar-refractivity contribution is 0.155. The van der Waals surface area contributed by atoms with Crippen LogP contribution in [0.2, 0.25) is 0 Å². The maximum absolute atomic E-state index is 13.0. The molecule has 0 aliphatic rings. The van der Waals surface area contributed by atoms with Crippen molar-refractivity contribution in [1.29, 1.82) is 0 Å². The van der Waals surface area contributed by atoms with E-state index < -0.39 is 6.10 Å². The minimum Gasteiger partial charge on any atom is -0.494 e. The Morgan fingerprint density at radius 3 is 2.53 bits per heavy atom. The van der Waals surface area contributed by atoms with Gasteiger partial charge in [-0.1, -0.05) is 35.9 Å². The molecule has 154 valence electrons. The second-order valence-electron chi connectivity index (χ2n) is 7.45. The van der Waals surface area contributed by atoms with Gasteiger partial charge in [0.2, 0.25) is 0 Å². The van der Waals surface area contributed by atoms with Gasteiger partial charge in [0.25, 0.3) is 5.56 Å². The van der Waals surface area contributed by atoms with Gasteiger partial charge < -0.3 is 14.4 Å². The molecule has 0 fully saturated rings. The van der Waals surface area contributed by atoms with E-state index in [1.807, 2.05) is 50.2 Å². The van der Waals surface area contributed by atoms with E-state index in [4.69, 9.17) is 4.74 Å². The van der Waals surface area contributed by atoms with Gasteiger partial charge in [0.05, 0.1) is 24.9 Å². The Morgan fingerprint density at radius 1 is 1.07 bits per heavy atom. The smallest absolute Gasteiger partial charge is 0.276 e. The van der Waals surface area contributed by atoms with E-state index in [0.717, 1.165) is 28.1 Å². The first-order chi connectivity index (χ1) is 14.5. The zero-order valence-corrected chi connectivity index (χ0v) is 17.4. The topological polar surface area (TPSA) is 68.8 Å². The molecule has 0 saturated carbocycles. The number of aliphatic hydroxyl groups excluding tert-OH is 1. The molecule has 4 aromatic rings. The number of hydrogen-bond acceptors (Lipinski definition) is 4. The molecule has 0 aliphatic heterocycles. The highest BCUT2D eigenvalue weighted by atomic mass is 16.5. The van der Waals surface area contributed by atoms with Crippen LogP contribution in [0.5, 0.6) is 5.75 Å². The SMILES string of the molecule is CCOc1ccc([C@H](O)Cn2ccn3nc(-c4ccc(C)cc4C)cc3c2=O)cc1. The van der Waals surface area contributed by atoms with Crippen LogP contribution >= 0.6 is 0 Å². The van der Waals surface area contributed by atoms with Crippen molar-refractivity contribution in [2.24, 2.45) is 0 Å². The first-order valence-electron chi connectivity index (χ1n) is 10.0. The molecule has 30 heavy (non-hydrogen) atoms. The van der Waals surface area contributed by atoms with Crippen molar-refractivity contribution >= 4 is 5.52 Å². The quantitative estimate of drug-likeness (QED) is 0.530. The second-order valence-corrected chi connectivity index (χ2v) is 7.45. The van der Waals surface area contributed by atoms with Gasteiger partial charge in [-0.15, -0.1) is 0 Å². The first-order valence-corrected chi connectivity index (χ1v) is 10.0. The summed E-state index contributed by atoms with van der Waals surface area (Å²) in [4.78, 5) is 13.0. The molecule has 4 rings (SSSR count). The summed E-state index contributed by atoms with van der Waals surface area (Å²) in [6.07, 6.45) is 2.60. The van der Waals surface area contributed by atoms with Gasteiger partial charge in [0, 0.05) is 18.0 Å². The number of aryl methyl sites for hydroxylation is 2. The maximum atomic E-state index is 13.0. The molecule has 0 aliphatic carbocycles. The Hall–Kier alpha value is -3.38. The molecular formula is C24H25N3O3. The molecule has 0 unspecified atom stereocenters. The van der Waals surface area contributed by atoms with Crippen LogP contribution in [-0.4, -0.2) is 25.9 Å². The third-order valence-electron chi connectivity index (χ3n) is 5.21. The minimum atomic E-state index is -0.803. The van der Waals surface area contributed by atoms with Crippen molar-refractivity contribution in [3.63, 3.8) is 0 Å². The number of fused-ring (bicyclic) bond motifs is 1. The van der Waals surface area contributed by atoms with Crippen LogP contribution in [0.1, 0.15) is 29.7 Å². The number of benzene rings is 2. The van der Waals surface area contributed by atoms with Crippen LogP contribution in [0.3, 0.4) is 0 Å². The molecule has 6 heteroatoms. The lowest BCUT2D eigenvalue weighted by atomic mass is 10.0. The fourth-order valence-electron chi connectivity index (χ4n) is 3.65. The Balaban J connectivity index is 1.62. The van der Waals surface area contributed by atoms with Crippen molar-refractivity contribution in [3.05, 3.63) is 88.0 Å². The summed E-state index contributed by atoms with van der Waals surface area (Å²) in [6, 6.07) is 15.2. The molecule has 0 bridgehead atoms. The summed E-state index contributed by atoms with van der Waals surface area (Å²) in [6.45, 7) is 6.76. The van der Waals surface area contributed by atoms with Crippen LogP contribution in [0.15, 0.2) is 65.7 Å². The summed E-state index contributed by atoms with van der Waals surface area (Å²) in [5, 5.41) is 15.2. The van der Waals surface area contributed by atoms with Crippen molar-refractivity contribution in [2.45, 2.75) is 33.4 Å². The van der Waals surface area contributed by atoms with Gasteiger partial charge >= 0.3 is 0 Å². The monoisotopic (exact) mass is 403 g/mol. The summed E-state index contributed by atoms with van der Waals surface area (Å²) in [5.41, 5.74) is 5.08. The Kier molecular flexibility index (Phi) is 5.42. The van der Waals surface area contributed by atoms with Crippen molar-refractivity contribution < 1.29 is 9.84 Å². The Morgan fingerprint density at radius 2 is 1.83 bits per heavy atom. The zero-order valence-electron chi connectivity index (χ0n) is 17.4. The molecule has 2 heterocycles. The van der Waals surface area contributed by atoms with E-state index in [-0.39, 0.29) is 12.1 Å². The summed E-state index contributed by atoms with van der Waals surface area (Å²) >= 11 is 0. The molecule has 2 aromatic heterocycles. The van der Waals surface area contributed by atoms with Crippen LogP contribution in [0.4, 0.5) is 0 Å². The number of aromatic nitrogens is 3. The van der Waals surface area contributed by atoms with Crippen LogP contribution in [0, 0.1) is 13.8 Å². The molecule has 1 atom stereocenters. The second kappa shape index (κ2) is 8.16. The van der Waals surface area contributed by atoms with Crippen LogP contribution in [-0.2, 0) is 6.54 Å². The average molecular weight is 403 g/mol. The van der Waals surface area contributed by atoms with E-state index in [2.05, 4.69) is 18.1 Å². The number of rotatable bonds is 6. The van der Waals surface area contributed by atoms with Gasteiger partial charge in [0.15, 0.2) is 0 Å². The van der Waals surface area contributed by atoms with Crippen LogP contribution < -0.4 is 10.3 Å². The zero-order chi connectivity index (χ0) is 21.3.